The standard InChI is InChI=1S/C16H20FN3O/c1-2-6-16(7-8-18-11-16)15-19-14(20-21-15)10-12-4-3-5-13(17)9-12/h3-5,9,18H,2,6-8,10-11H2,1H3. The van der Waals surface area contributed by atoms with E-state index in [1.165, 1.54) is 12.1 Å². The Bertz CT molecular complexity index is 605. The Morgan fingerprint density at radius 2 is 2.33 bits per heavy atom. The molecular weight excluding hydrogens is 269 g/mol. The molecule has 1 aromatic heterocycles. The van der Waals surface area contributed by atoms with E-state index in [4.69, 9.17) is 4.52 Å². The second-order valence-corrected chi connectivity index (χ2v) is 5.78. The van der Waals surface area contributed by atoms with Gasteiger partial charge in [-0.3, -0.25) is 0 Å². The molecule has 1 saturated heterocycles. The molecule has 1 aliphatic rings. The van der Waals surface area contributed by atoms with Gasteiger partial charge in [0.15, 0.2) is 5.82 Å². The van der Waals surface area contributed by atoms with Crippen LogP contribution in [0.4, 0.5) is 4.39 Å². The third-order valence-electron chi connectivity index (χ3n) is 4.15. The minimum atomic E-state index is -0.237. The van der Waals surface area contributed by atoms with Gasteiger partial charge in [-0.2, -0.15) is 4.98 Å². The molecule has 0 aliphatic carbocycles. The Kier molecular flexibility index (Phi) is 4.01. The van der Waals surface area contributed by atoms with E-state index in [0.717, 1.165) is 43.8 Å². The van der Waals surface area contributed by atoms with Gasteiger partial charge in [-0.05, 0) is 37.1 Å². The number of nitrogens with zero attached hydrogens (tertiary/aromatic N) is 2. The summed E-state index contributed by atoms with van der Waals surface area (Å²) in [6.07, 6.45) is 3.66. The fourth-order valence-corrected chi connectivity index (χ4v) is 3.10. The normalized spacial score (nSPS) is 21.8. The van der Waals surface area contributed by atoms with E-state index in [1.54, 1.807) is 6.07 Å². The van der Waals surface area contributed by atoms with Gasteiger partial charge < -0.3 is 9.84 Å². The lowest BCUT2D eigenvalue weighted by Crippen LogP contribution is -2.29. The number of benzene rings is 1. The van der Waals surface area contributed by atoms with Crippen molar-refractivity contribution in [3.05, 3.63) is 47.4 Å². The lowest BCUT2D eigenvalue weighted by atomic mass is 9.82. The number of hydrogen-bond acceptors (Lipinski definition) is 4. The van der Waals surface area contributed by atoms with Crippen molar-refractivity contribution in [3.63, 3.8) is 0 Å². The van der Waals surface area contributed by atoms with Crippen molar-refractivity contribution in [2.24, 2.45) is 0 Å². The van der Waals surface area contributed by atoms with Crippen molar-refractivity contribution in [2.75, 3.05) is 13.1 Å². The summed E-state index contributed by atoms with van der Waals surface area (Å²) in [5, 5.41) is 7.46. The zero-order valence-electron chi connectivity index (χ0n) is 12.2. The van der Waals surface area contributed by atoms with Gasteiger partial charge in [0.1, 0.15) is 5.82 Å². The molecule has 1 atom stereocenters. The molecule has 1 aromatic carbocycles. The average Bonchev–Trinajstić information content (AvgIpc) is 3.09. The average molecular weight is 289 g/mol. The first-order chi connectivity index (χ1) is 10.2. The first-order valence-corrected chi connectivity index (χ1v) is 7.50. The van der Waals surface area contributed by atoms with Crippen LogP contribution in [0, 0.1) is 5.82 Å². The molecule has 0 amide bonds. The van der Waals surface area contributed by atoms with Crippen LogP contribution in [0.25, 0.3) is 0 Å². The second kappa shape index (κ2) is 5.93. The highest BCUT2D eigenvalue weighted by atomic mass is 19.1. The predicted octanol–water partition coefficient (Wildman–Crippen LogP) is 2.83. The fraction of sp³-hybridized carbons (Fsp3) is 0.500. The molecule has 2 aromatic rings. The molecule has 5 heteroatoms. The lowest BCUT2D eigenvalue weighted by Gasteiger charge is -2.22. The van der Waals surface area contributed by atoms with E-state index in [0.29, 0.717) is 12.2 Å². The van der Waals surface area contributed by atoms with Crippen LogP contribution in [0.15, 0.2) is 28.8 Å². The third kappa shape index (κ3) is 2.97. The van der Waals surface area contributed by atoms with Crippen LogP contribution in [0.2, 0.25) is 0 Å². The summed E-state index contributed by atoms with van der Waals surface area (Å²) in [6, 6.07) is 6.52. The highest BCUT2D eigenvalue weighted by Crippen LogP contribution is 2.34. The number of aromatic nitrogens is 2. The smallest absolute Gasteiger partial charge is 0.234 e. The molecular formula is C16H20FN3O. The summed E-state index contributed by atoms with van der Waals surface area (Å²) in [6.45, 7) is 4.05. The number of nitrogens with one attached hydrogen (secondary N) is 1. The highest BCUT2D eigenvalue weighted by Gasteiger charge is 2.39. The molecule has 3 rings (SSSR count). The maximum absolute atomic E-state index is 13.2. The number of hydrogen-bond donors (Lipinski definition) is 1. The maximum Gasteiger partial charge on any atom is 0.234 e. The molecule has 0 spiro atoms. The van der Waals surface area contributed by atoms with Crippen molar-refractivity contribution in [2.45, 2.75) is 38.0 Å². The number of rotatable bonds is 5. The Labute approximate surface area is 123 Å². The lowest BCUT2D eigenvalue weighted by molar-refractivity contribution is 0.276. The van der Waals surface area contributed by atoms with Gasteiger partial charge in [-0.1, -0.05) is 30.6 Å². The Morgan fingerprint density at radius 1 is 1.43 bits per heavy atom. The Balaban J connectivity index is 1.79. The van der Waals surface area contributed by atoms with Gasteiger partial charge in [0.05, 0.1) is 5.41 Å². The molecule has 1 aliphatic heterocycles. The molecule has 2 heterocycles. The number of halogens is 1. The molecule has 1 unspecified atom stereocenters. The maximum atomic E-state index is 13.2. The van der Waals surface area contributed by atoms with Crippen LogP contribution >= 0.6 is 0 Å². The van der Waals surface area contributed by atoms with Crippen molar-refractivity contribution >= 4 is 0 Å². The summed E-state index contributed by atoms with van der Waals surface area (Å²) >= 11 is 0. The Hall–Kier alpha value is -1.75. The zero-order valence-corrected chi connectivity index (χ0v) is 12.2. The van der Waals surface area contributed by atoms with E-state index < -0.39 is 0 Å². The molecule has 1 N–H and O–H groups in total. The van der Waals surface area contributed by atoms with E-state index >= 15 is 0 Å². The summed E-state index contributed by atoms with van der Waals surface area (Å²) in [7, 11) is 0. The predicted molar refractivity (Wildman–Crippen MR) is 77.6 cm³/mol. The van der Waals surface area contributed by atoms with Gasteiger partial charge in [0.2, 0.25) is 5.89 Å². The van der Waals surface area contributed by atoms with Gasteiger partial charge in [-0.25, -0.2) is 4.39 Å². The van der Waals surface area contributed by atoms with Crippen LogP contribution in [0.3, 0.4) is 0 Å². The molecule has 21 heavy (non-hydrogen) atoms. The SMILES string of the molecule is CCCC1(c2nc(Cc3cccc(F)c3)no2)CCNC1. The van der Waals surface area contributed by atoms with Gasteiger partial charge in [0.25, 0.3) is 0 Å². The third-order valence-corrected chi connectivity index (χ3v) is 4.15. The molecule has 0 saturated carbocycles. The first-order valence-electron chi connectivity index (χ1n) is 7.50. The zero-order chi connectivity index (χ0) is 14.7. The molecule has 0 bridgehead atoms. The van der Waals surface area contributed by atoms with Crippen LogP contribution in [0.5, 0.6) is 0 Å². The van der Waals surface area contributed by atoms with Crippen molar-refractivity contribution in [3.8, 4) is 0 Å². The summed E-state index contributed by atoms with van der Waals surface area (Å²) < 4.78 is 18.7. The molecule has 1 fully saturated rings. The second-order valence-electron chi connectivity index (χ2n) is 5.78. The van der Waals surface area contributed by atoms with Gasteiger partial charge in [0, 0.05) is 13.0 Å². The van der Waals surface area contributed by atoms with Crippen LogP contribution in [-0.4, -0.2) is 23.2 Å². The summed E-state index contributed by atoms with van der Waals surface area (Å²) in [4.78, 5) is 4.57. The largest absolute Gasteiger partial charge is 0.339 e. The van der Waals surface area contributed by atoms with Crippen molar-refractivity contribution < 1.29 is 8.91 Å². The van der Waals surface area contributed by atoms with E-state index in [-0.39, 0.29) is 11.2 Å². The van der Waals surface area contributed by atoms with Gasteiger partial charge in [-0.15, -0.1) is 0 Å². The molecule has 112 valence electrons. The van der Waals surface area contributed by atoms with E-state index in [1.807, 2.05) is 6.07 Å². The van der Waals surface area contributed by atoms with Crippen LogP contribution in [0.1, 0.15) is 43.5 Å². The van der Waals surface area contributed by atoms with Crippen LogP contribution < -0.4 is 5.32 Å². The van der Waals surface area contributed by atoms with Gasteiger partial charge >= 0.3 is 0 Å². The summed E-state index contributed by atoms with van der Waals surface area (Å²) in [5.74, 6) is 1.11. The van der Waals surface area contributed by atoms with E-state index in [2.05, 4.69) is 22.4 Å². The highest BCUT2D eigenvalue weighted by molar-refractivity contribution is 5.20. The van der Waals surface area contributed by atoms with E-state index in [9.17, 15) is 4.39 Å². The molecule has 4 nitrogen and oxygen atoms in total. The quantitative estimate of drug-likeness (QED) is 0.919. The van der Waals surface area contributed by atoms with Crippen molar-refractivity contribution in [1.29, 1.82) is 0 Å². The Morgan fingerprint density at radius 3 is 3.05 bits per heavy atom. The van der Waals surface area contributed by atoms with Crippen LogP contribution in [-0.2, 0) is 11.8 Å². The van der Waals surface area contributed by atoms with Crippen molar-refractivity contribution in [1.82, 2.24) is 15.5 Å². The fourth-order valence-electron chi connectivity index (χ4n) is 3.10. The minimum absolute atomic E-state index is 0.0259. The summed E-state index contributed by atoms with van der Waals surface area (Å²) in [5.41, 5.74) is 0.832. The first kappa shape index (κ1) is 14.2. The minimum Gasteiger partial charge on any atom is -0.339 e. The monoisotopic (exact) mass is 289 g/mol. The molecule has 0 radical (unpaired) electrons. The topological polar surface area (TPSA) is 51.0 Å².